The van der Waals surface area contributed by atoms with Gasteiger partial charge >= 0.3 is 0 Å². The molecule has 2 aromatic rings. The van der Waals surface area contributed by atoms with E-state index in [1.165, 1.54) is 17.4 Å². The Morgan fingerprint density at radius 1 is 1.32 bits per heavy atom. The molecule has 2 fully saturated rings. The van der Waals surface area contributed by atoms with Crippen molar-refractivity contribution in [3.05, 3.63) is 43.8 Å². The number of nitrogens with zero attached hydrogens (tertiary/aromatic N) is 3. The van der Waals surface area contributed by atoms with Crippen molar-refractivity contribution in [2.24, 2.45) is 5.92 Å². The van der Waals surface area contributed by atoms with E-state index in [2.05, 4.69) is 15.5 Å². The quantitative estimate of drug-likeness (QED) is 0.533. The highest BCUT2D eigenvalue weighted by Gasteiger charge is 2.23. The van der Waals surface area contributed by atoms with Gasteiger partial charge in [-0.15, -0.1) is 11.3 Å². The topological polar surface area (TPSA) is 99.4 Å². The van der Waals surface area contributed by atoms with Crippen molar-refractivity contribution in [1.29, 1.82) is 5.26 Å². The van der Waals surface area contributed by atoms with E-state index in [1.54, 1.807) is 6.20 Å². The molecule has 2 aliphatic rings. The van der Waals surface area contributed by atoms with Gasteiger partial charge in [0.15, 0.2) is 5.57 Å². The molecule has 9 heteroatoms. The first kappa shape index (κ1) is 24.0. The fourth-order valence-corrected chi connectivity index (χ4v) is 5.05. The molecule has 180 valence electrons. The predicted molar refractivity (Wildman–Crippen MR) is 134 cm³/mol. The third kappa shape index (κ3) is 6.07. The van der Waals surface area contributed by atoms with Gasteiger partial charge in [-0.3, -0.25) is 19.1 Å². The molecule has 1 aromatic heterocycles. The van der Waals surface area contributed by atoms with Crippen molar-refractivity contribution in [1.82, 2.24) is 14.8 Å². The number of hydrogen-bond acceptors (Lipinski definition) is 7. The van der Waals surface area contributed by atoms with Gasteiger partial charge in [-0.05, 0) is 63.7 Å². The van der Waals surface area contributed by atoms with Crippen molar-refractivity contribution in [2.45, 2.75) is 39.2 Å². The lowest BCUT2D eigenvalue weighted by Crippen LogP contribution is -2.35. The first-order valence-electron chi connectivity index (χ1n) is 11.9. The van der Waals surface area contributed by atoms with Crippen LogP contribution >= 0.6 is 11.3 Å². The summed E-state index contributed by atoms with van der Waals surface area (Å²) in [4.78, 5) is 27.9. The maximum Gasteiger partial charge on any atom is 0.270 e. The molecule has 1 amide bonds. The molecular weight excluding hydrogens is 450 g/mol. The highest BCUT2D eigenvalue weighted by molar-refractivity contribution is 7.07. The third-order valence-electron chi connectivity index (χ3n) is 6.10. The van der Waals surface area contributed by atoms with E-state index >= 15 is 0 Å². The minimum absolute atomic E-state index is 0.0161. The van der Waals surface area contributed by atoms with Crippen LogP contribution in [0.15, 0.2) is 29.1 Å². The highest BCUT2D eigenvalue weighted by atomic mass is 32.1. The molecule has 0 radical (unpaired) electrons. The molecule has 1 saturated heterocycles. The van der Waals surface area contributed by atoms with Gasteiger partial charge < -0.3 is 15.4 Å². The number of amides is 1. The van der Waals surface area contributed by atoms with Crippen LogP contribution in [0.4, 0.5) is 5.69 Å². The van der Waals surface area contributed by atoms with E-state index in [1.807, 2.05) is 37.3 Å². The first-order valence-corrected chi connectivity index (χ1v) is 12.7. The van der Waals surface area contributed by atoms with Crippen LogP contribution < -0.4 is 30.1 Å². The van der Waals surface area contributed by atoms with E-state index < -0.39 is 5.91 Å². The molecule has 1 aromatic carbocycles. The van der Waals surface area contributed by atoms with Crippen LogP contribution in [0.5, 0.6) is 5.75 Å². The summed E-state index contributed by atoms with van der Waals surface area (Å²) in [6.45, 7) is 6.62. The molecule has 1 saturated carbocycles. The van der Waals surface area contributed by atoms with Gasteiger partial charge in [0.1, 0.15) is 27.6 Å². The number of thiazole rings is 1. The Hall–Kier alpha value is -3.09. The largest absolute Gasteiger partial charge is 0.492 e. The number of rotatable bonds is 10. The number of ether oxygens (including phenoxy) is 1. The van der Waals surface area contributed by atoms with Crippen molar-refractivity contribution >= 4 is 34.7 Å². The number of aromatic nitrogens is 1. The Balaban J connectivity index is 1.49. The number of carbonyl (C=O) groups is 1. The van der Waals surface area contributed by atoms with Crippen LogP contribution in [0, 0.1) is 17.2 Å². The molecule has 1 aliphatic carbocycles. The summed E-state index contributed by atoms with van der Waals surface area (Å²) < 4.78 is 8.19. The number of nitrogens with one attached hydrogen (secondary N) is 2. The standard InChI is InChI=1S/C25H31N5O3S/c1-2-30-24(32)22(34-25(30)21(15-26)23(31)28-16-18-8-9-18)17-27-19-6-5-7-20(14-19)33-13-12-29-10-3-4-11-29/h5-7,14,17-18,27H,2-4,8-13,16H2,1H3,(H,28,31). The van der Waals surface area contributed by atoms with Crippen LogP contribution in [-0.2, 0) is 11.3 Å². The zero-order valence-electron chi connectivity index (χ0n) is 19.5. The summed E-state index contributed by atoms with van der Waals surface area (Å²) in [5.41, 5.74) is 0.552. The zero-order chi connectivity index (χ0) is 23.9. The molecule has 2 N–H and O–H groups in total. The Kier molecular flexibility index (Phi) is 8.03. The zero-order valence-corrected chi connectivity index (χ0v) is 20.3. The summed E-state index contributed by atoms with van der Waals surface area (Å²) in [7, 11) is 0. The fraction of sp³-hybridized carbons (Fsp3) is 0.480. The number of carbonyl (C=O) groups excluding carboxylic acids is 1. The summed E-state index contributed by atoms with van der Waals surface area (Å²) in [6.07, 6.45) is 6.37. The van der Waals surface area contributed by atoms with Gasteiger partial charge in [0.05, 0.1) is 0 Å². The second kappa shape index (κ2) is 11.4. The van der Waals surface area contributed by atoms with E-state index in [0.29, 0.717) is 34.8 Å². The molecule has 1 aliphatic heterocycles. The lowest BCUT2D eigenvalue weighted by Gasteiger charge is -2.15. The number of nitriles is 1. The minimum Gasteiger partial charge on any atom is -0.492 e. The lowest BCUT2D eigenvalue weighted by molar-refractivity contribution is -0.115. The van der Waals surface area contributed by atoms with Crippen molar-refractivity contribution < 1.29 is 9.53 Å². The molecule has 4 rings (SSSR count). The molecule has 8 nitrogen and oxygen atoms in total. The number of likely N-dealkylation sites (tertiary alicyclic amines) is 1. The summed E-state index contributed by atoms with van der Waals surface area (Å²) in [5, 5.41) is 15.6. The SMILES string of the molecule is CCn1c(=C(C#N)C(=O)NCC2CC2)sc(=CNc2cccc(OCCN3CCCC3)c2)c1=O. The van der Waals surface area contributed by atoms with Crippen LogP contribution in [0.2, 0.25) is 0 Å². The third-order valence-corrected chi connectivity index (χ3v) is 7.23. The first-order chi connectivity index (χ1) is 16.6. The van der Waals surface area contributed by atoms with E-state index in [4.69, 9.17) is 4.74 Å². The molecule has 0 atom stereocenters. The fourth-order valence-electron chi connectivity index (χ4n) is 3.96. The summed E-state index contributed by atoms with van der Waals surface area (Å²) in [5.74, 6) is 0.854. The van der Waals surface area contributed by atoms with Crippen molar-refractivity contribution in [3.63, 3.8) is 0 Å². The molecular formula is C25H31N5O3S. The number of benzene rings is 1. The molecule has 0 spiro atoms. The van der Waals surface area contributed by atoms with Gasteiger partial charge in [-0.2, -0.15) is 5.26 Å². The minimum atomic E-state index is -0.420. The van der Waals surface area contributed by atoms with Gasteiger partial charge in [0, 0.05) is 37.6 Å². The van der Waals surface area contributed by atoms with Gasteiger partial charge in [0.2, 0.25) is 0 Å². The maximum absolute atomic E-state index is 12.9. The molecule has 34 heavy (non-hydrogen) atoms. The Morgan fingerprint density at radius 2 is 2.12 bits per heavy atom. The Labute approximate surface area is 203 Å². The summed E-state index contributed by atoms with van der Waals surface area (Å²) in [6, 6.07) is 9.61. The van der Waals surface area contributed by atoms with Gasteiger partial charge in [-0.1, -0.05) is 6.07 Å². The second-order valence-electron chi connectivity index (χ2n) is 8.67. The van der Waals surface area contributed by atoms with E-state index in [-0.39, 0.29) is 11.1 Å². The molecule has 0 unspecified atom stereocenters. The van der Waals surface area contributed by atoms with Crippen LogP contribution in [0.25, 0.3) is 11.8 Å². The molecule has 0 bridgehead atoms. The second-order valence-corrected chi connectivity index (χ2v) is 9.71. The predicted octanol–water partition coefficient (Wildman–Crippen LogP) is 1.45. The van der Waals surface area contributed by atoms with Crippen molar-refractivity contribution in [3.8, 4) is 11.8 Å². The smallest absolute Gasteiger partial charge is 0.270 e. The van der Waals surface area contributed by atoms with E-state index in [0.717, 1.165) is 55.2 Å². The monoisotopic (exact) mass is 481 g/mol. The highest BCUT2D eigenvalue weighted by Crippen LogP contribution is 2.27. The van der Waals surface area contributed by atoms with Crippen LogP contribution in [-0.4, -0.2) is 48.2 Å². The van der Waals surface area contributed by atoms with Crippen molar-refractivity contribution in [2.75, 3.05) is 38.1 Å². The summed E-state index contributed by atoms with van der Waals surface area (Å²) >= 11 is 1.15. The van der Waals surface area contributed by atoms with Gasteiger partial charge in [-0.25, -0.2) is 0 Å². The lowest BCUT2D eigenvalue weighted by atomic mass is 10.3. The Morgan fingerprint density at radius 3 is 2.82 bits per heavy atom. The Bertz CT molecular complexity index is 1230. The van der Waals surface area contributed by atoms with E-state index in [9.17, 15) is 14.9 Å². The molecule has 2 heterocycles. The average molecular weight is 482 g/mol. The maximum atomic E-state index is 12.9. The van der Waals surface area contributed by atoms with Gasteiger partial charge in [0.25, 0.3) is 11.5 Å². The average Bonchev–Trinajstić information content (AvgIpc) is 3.43. The number of anilines is 1. The van der Waals surface area contributed by atoms with Crippen LogP contribution in [0.1, 0.15) is 32.6 Å². The number of hydrogen-bond donors (Lipinski definition) is 2. The normalized spacial score (nSPS) is 17.4. The van der Waals surface area contributed by atoms with Crippen LogP contribution in [0.3, 0.4) is 0 Å².